The minimum Gasteiger partial charge on any atom is -1.00 e. The monoisotopic (exact) mass is 756 g/mol. The summed E-state index contributed by atoms with van der Waals surface area (Å²) in [6.07, 6.45) is 4.84. The van der Waals surface area contributed by atoms with Crippen molar-refractivity contribution in [3.05, 3.63) is 110 Å². The van der Waals surface area contributed by atoms with Crippen LogP contribution in [0, 0.1) is 6.08 Å². The maximum atomic E-state index is 3.84. The molecule has 3 aromatic rings. The fourth-order valence-electron chi connectivity index (χ4n) is 6.95. The van der Waals surface area contributed by atoms with Crippen molar-refractivity contribution >= 4 is 23.6 Å². The quantitative estimate of drug-likeness (QED) is 0.169. The first kappa shape index (κ1) is 46.9. The molecule has 0 atom stereocenters. The zero-order chi connectivity index (χ0) is 32.7. The Kier molecular flexibility index (Phi) is 18.5. The van der Waals surface area contributed by atoms with Gasteiger partial charge >= 0.3 is 21.7 Å². The van der Waals surface area contributed by atoms with E-state index in [9.17, 15) is 0 Å². The summed E-state index contributed by atoms with van der Waals surface area (Å²) in [6.45, 7) is 32.9. The molecule has 0 unspecified atom stereocenters. The van der Waals surface area contributed by atoms with Crippen molar-refractivity contribution in [2.75, 3.05) is 0 Å². The number of halogens is 3. The van der Waals surface area contributed by atoms with E-state index in [-0.39, 0.29) is 58.9 Å². The van der Waals surface area contributed by atoms with Crippen molar-refractivity contribution in [1.29, 1.82) is 0 Å². The Morgan fingerprint density at radius 1 is 0.438 bits per heavy atom. The number of hydrogen-bond acceptors (Lipinski definition) is 0. The Morgan fingerprint density at radius 3 is 0.833 bits per heavy atom. The Bertz CT molecular complexity index is 1340. The first-order chi connectivity index (χ1) is 20.6. The molecule has 0 radical (unpaired) electrons. The van der Waals surface area contributed by atoms with Gasteiger partial charge in [0.25, 0.3) is 0 Å². The van der Waals surface area contributed by atoms with Crippen molar-refractivity contribution in [3.63, 3.8) is 0 Å². The number of rotatable bonds is 10. The van der Waals surface area contributed by atoms with E-state index in [1.165, 1.54) is 44.5 Å². The zero-order valence-electron chi connectivity index (χ0n) is 32.0. The van der Waals surface area contributed by atoms with E-state index in [1.807, 2.05) is 0 Å². The minimum absolute atomic E-state index is 0. The molecule has 0 saturated carbocycles. The van der Waals surface area contributed by atoms with Gasteiger partial charge in [-0.1, -0.05) is 174 Å². The van der Waals surface area contributed by atoms with Crippen molar-refractivity contribution in [2.45, 2.75) is 139 Å². The maximum absolute atomic E-state index is 3.84. The molecule has 0 spiro atoms. The molecule has 0 fully saturated rings. The number of allylic oxidation sites excluding steroid dienone is 4. The molecule has 0 bridgehead atoms. The summed E-state index contributed by atoms with van der Waals surface area (Å²) in [7, 11) is -2.76. The third kappa shape index (κ3) is 9.63. The average Bonchev–Trinajstić information content (AvgIpc) is 3.30. The molecule has 3 aromatic carbocycles. The summed E-state index contributed by atoms with van der Waals surface area (Å²) in [5, 5.41) is 6.26. The van der Waals surface area contributed by atoms with Crippen LogP contribution in [0.1, 0.15) is 172 Å². The van der Waals surface area contributed by atoms with E-state index in [0.717, 1.165) is 6.42 Å². The number of hydrogen-bond donors (Lipinski definition) is 0. The summed E-state index contributed by atoms with van der Waals surface area (Å²) >= 11 is 0. The van der Waals surface area contributed by atoms with Gasteiger partial charge in [0.2, 0.25) is 0 Å². The van der Waals surface area contributed by atoms with Crippen molar-refractivity contribution in [3.8, 4) is 0 Å². The van der Waals surface area contributed by atoms with Crippen molar-refractivity contribution < 1.29 is 58.9 Å². The fourth-order valence-corrected chi connectivity index (χ4v) is 12.5. The van der Waals surface area contributed by atoms with Gasteiger partial charge in [-0.05, 0) is 68.9 Å². The van der Waals surface area contributed by atoms with E-state index in [0.29, 0.717) is 35.5 Å². The van der Waals surface area contributed by atoms with Crippen LogP contribution in [0.2, 0.25) is 0 Å². The van der Waals surface area contributed by atoms with E-state index >= 15 is 0 Å². The molecule has 48 heavy (non-hydrogen) atoms. The molecule has 4 rings (SSSR count). The van der Waals surface area contributed by atoms with E-state index < -0.39 is 8.07 Å². The molecule has 0 N–H and O–H groups in total. The molecule has 0 amide bonds. The molecular weight excluding hydrogens is 699 g/mol. The topological polar surface area (TPSA) is 0 Å². The average molecular weight is 758 g/mol. The van der Waals surface area contributed by atoms with Gasteiger partial charge in [-0.2, -0.15) is 5.57 Å². The largest absolute Gasteiger partial charge is 4.00 e. The molecule has 0 aromatic heterocycles. The van der Waals surface area contributed by atoms with Crippen molar-refractivity contribution in [1.82, 2.24) is 0 Å². The third-order valence-corrected chi connectivity index (χ3v) is 14.9. The Labute approximate surface area is 329 Å². The maximum Gasteiger partial charge on any atom is 4.00 e. The molecule has 0 nitrogen and oxygen atoms in total. The Morgan fingerprint density at radius 2 is 0.667 bits per heavy atom. The van der Waals surface area contributed by atoms with Gasteiger partial charge in [-0.15, -0.1) is 0 Å². The van der Waals surface area contributed by atoms with Gasteiger partial charge in [-0.3, -0.25) is 0 Å². The first-order valence-corrected chi connectivity index (χ1v) is 19.3. The van der Waals surface area contributed by atoms with E-state index in [1.54, 1.807) is 20.8 Å². The van der Waals surface area contributed by atoms with Crippen LogP contribution in [-0.4, -0.2) is 8.07 Å². The first-order valence-electron chi connectivity index (χ1n) is 17.3. The van der Waals surface area contributed by atoms with Crippen molar-refractivity contribution in [2.24, 2.45) is 0 Å². The fraction of sp³-hybridized carbons (Fsp3) is 0.488. The van der Waals surface area contributed by atoms with Crippen LogP contribution >= 0.6 is 0 Å². The molecular formula is C43H59Cl3SiTi. The minimum atomic E-state index is -2.76. The summed E-state index contributed by atoms with van der Waals surface area (Å²) in [5.74, 6) is 2.78. The second-order valence-electron chi connectivity index (χ2n) is 15.5. The number of benzene rings is 3. The van der Waals surface area contributed by atoms with E-state index in [2.05, 4.69) is 158 Å². The molecule has 1 aliphatic carbocycles. The summed E-state index contributed by atoms with van der Waals surface area (Å²) in [4.78, 5) is 0. The van der Waals surface area contributed by atoms with Crippen LogP contribution in [0.5, 0.6) is 0 Å². The van der Waals surface area contributed by atoms with Gasteiger partial charge in [-0.25, -0.2) is 16.8 Å². The summed E-state index contributed by atoms with van der Waals surface area (Å²) < 4.78 is 0. The molecule has 0 aliphatic heterocycles. The smallest absolute Gasteiger partial charge is 1.00 e. The normalized spacial score (nSPS) is 13.2. The SMILES string of the molecule is CC1=[C-]C(C)=C([Si](c2cc(C(C)C)cc(C(C)C)c2)(c2cc(C(C)C)cc(C(C)C)c2)c2cc(C(C)C)cc(C(C)C)c2)C1.[Cl-].[Cl-].[Cl-].[Ti+4]. The van der Waals surface area contributed by atoms with Crippen LogP contribution in [0.25, 0.3) is 0 Å². The molecule has 0 heterocycles. The predicted octanol–water partition coefficient (Wildman–Crippen LogP) is 1.92. The van der Waals surface area contributed by atoms with Gasteiger partial charge in [0, 0.05) is 0 Å². The second-order valence-corrected chi connectivity index (χ2v) is 19.4. The molecule has 0 saturated heterocycles. The van der Waals surface area contributed by atoms with Crippen LogP contribution in [-0.2, 0) is 21.7 Å². The molecule has 1 aliphatic rings. The van der Waals surface area contributed by atoms with Crippen LogP contribution in [0.3, 0.4) is 0 Å². The van der Waals surface area contributed by atoms with Gasteiger partial charge in [0.15, 0.2) is 0 Å². The Balaban J connectivity index is 0.00000552. The van der Waals surface area contributed by atoms with Crippen LogP contribution in [0.4, 0.5) is 0 Å². The second kappa shape index (κ2) is 19.0. The molecule has 260 valence electrons. The van der Waals surface area contributed by atoms with Gasteiger partial charge in [0.05, 0.1) is 8.07 Å². The summed E-state index contributed by atoms with van der Waals surface area (Å²) in [6, 6.07) is 23.1. The van der Waals surface area contributed by atoms with Gasteiger partial charge in [0.1, 0.15) is 0 Å². The standard InChI is InChI=1S/C43H59Si.3ClH.Ti/c1-26(2)34-17-35(27(3)4)21-40(20-34)44(43-16-32(13)15-33(43)14,41-22-36(28(5)6)18-37(23-41)29(7)8)42-24-38(30(9)10)19-39(25-42)31(11)12;;;;/h17-31H,16H2,1-14H3;3*1H;/q-1;;;;+4/p-3. The molecule has 5 heteroatoms. The van der Waals surface area contributed by atoms with Crippen LogP contribution < -0.4 is 52.8 Å². The zero-order valence-corrected chi connectivity index (χ0v) is 36.8. The third-order valence-electron chi connectivity index (χ3n) is 9.98. The Hall–Kier alpha value is -1.06. The predicted molar refractivity (Wildman–Crippen MR) is 198 cm³/mol. The van der Waals surface area contributed by atoms with Gasteiger partial charge < -0.3 is 37.2 Å². The van der Waals surface area contributed by atoms with E-state index in [4.69, 9.17) is 0 Å². The summed E-state index contributed by atoms with van der Waals surface area (Å²) in [5.41, 5.74) is 11.5. The van der Waals surface area contributed by atoms with Crippen LogP contribution in [0.15, 0.2) is 70.9 Å².